The summed E-state index contributed by atoms with van der Waals surface area (Å²) in [5, 5.41) is 23.6. The van der Waals surface area contributed by atoms with Crippen LogP contribution in [0.2, 0.25) is 0 Å². The van der Waals surface area contributed by atoms with Gasteiger partial charge in [0, 0.05) is 6.20 Å². The number of hydrogen-bond acceptors (Lipinski definition) is 8. The highest BCUT2D eigenvalue weighted by atomic mass is 19.1. The van der Waals surface area contributed by atoms with Gasteiger partial charge in [-0.05, 0) is 38.1 Å². The number of nitriles is 1. The van der Waals surface area contributed by atoms with E-state index in [4.69, 9.17) is 4.52 Å². The van der Waals surface area contributed by atoms with Crippen LogP contribution < -0.4 is 5.56 Å². The first kappa shape index (κ1) is 20.5. The summed E-state index contributed by atoms with van der Waals surface area (Å²) in [6, 6.07) is 9.71. The third-order valence-corrected chi connectivity index (χ3v) is 5.18. The molecule has 0 radical (unpaired) electrons. The van der Waals surface area contributed by atoms with E-state index in [1.165, 1.54) is 35.2 Å². The Labute approximate surface area is 185 Å². The van der Waals surface area contributed by atoms with Crippen molar-refractivity contribution in [1.82, 2.24) is 29.1 Å². The molecule has 164 valence electrons. The Morgan fingerprint density at radius 3 is 2.70 bits per heavy atom. The SMILES string of the molecule is CC(C)(O)c1noc(-c2ncn3c2c(=O)n(Cc2ccccn2)c2c(C#N)c(F)ccc23)n1. The van der Waals surface area contributed by atoms with E-state index in [0.29, 0.717) is 11.2 Å². The minimum Gasteiger partial charge on any atom is -0.382 e. The molecule has 4 heterocycles. The molecule has 0 spiro atoms. The fourth-order valence-corrected chi connectivity index (χ4v) is 3.62. The summed E-state index contributed by atoms with van der Waals surface area (Å²) in [5.74, 6) is -0.772. The first-order valence-electron chi connectivity index (χ1n) is 9.88. The average molecular weight is 445 g/mol. The molecule has 0 aliphatic rings. The van der Waals surface area contributed by atoms with E-state index in [9.17, 15) is 19.6 Å². The lowest BCUT2D eigenvalue weighted by atomic mass is 10.1. The summed E-state index contributed by atoms with van der Waals surface area (Å²) < 4.78 is 22.5. The van der Waals surface area contributed by atoms with Gasteiger partial charge in [-0.3, -0.25) is 18.7 Å². The van der Waals surface area contributed by atoms with Gasteiger partial charge in [-0.2, -0.15) is 10.2 Å². The molecule has 1 N–H and O–H groups in total. The number of benzene rings is 1. The van der Waals surface area contributed by atoms with E-state index < -0.39 is 17.0 Å². The quantitative estimate of drug-likeness (QED) is 0.445. The number of aliphatic hydroxyl groups is 1. The number of rotatable bonds is 4. The summed E-state index contributed by atoms with van der Waals surface area (Å²) in [6.07, 6.45) is 2.94. The van der Waals surface area contributed by atoms with Gasteiger partial charge in [-0.15, -0.1) is 0 Å². The zero-order valence-corrected chi connectivity index (χ0v) is 17.5. The molecule has 0 saturated heterocycles. The average Bonchev–Trinajstić information content (AvgIpc) is 3.44. The number of hydrogen-bond donors (Lipinski definition) is 1. The van der Waals surface area contributed by atoms with E-state index in [2.05, 4.69) is 20.1 Å². The highest BCUT2D eigenvalue weighted by Gasteiger charge is 2.27. The maximum absolute atomic E-state index is 14.5. The highest BCUT2D eigenvalue weighted by Crippen LogP contribution is 2.27. The summed E-state index contributed by atoms with van der Waals surface area (Å²) >= 11 is 0. The monoisotopic (exact) mass is 445 g/mol. The third-order valence-electron chi connectivity index (χ3n) is 5.18. The smallest absolute Gasteiger partial charge is 0.279 e. The molecule has 0 unspecified atom stereocenters. The molecule has 4 aromatic heterocycles. The van der Waals surface area contributed by atoms with E-state index in [-0.39, 0.29) is 40.6 Å². The van der Waals surface area contributed by atoms with Crippen molar-refractivity contribution in [3.8, 4) is 17.7 Å². The number of fused-ring (bicyclic) bond motifs is 3. The van der Waals surface area contributed by atoms with Gasteiger partial charge in [0.05, 0.1) is 23.3 Å². The van der Waals surface area contributed by atoms with Crippen LogP contribution in [0.25, 0.3) is 28.1 Å². The maximum Gasteiger partial charge on any atom is 0.279 e. The predicted molar refractivity (Wildman–Crippen MR) is 114 cm³/mol. The second-order valence-corrected chi connectivity index (χ2v) is 7.91. The Morgan fingerprint density at radius 2 is 2.03 bits per heavy atom. The van der Waals surface area contributed by atoms with Crippen LogP contribution in [0.4, 0.5) is 4.39 Å². The lowest BCUT2D eigenvalue weighted by molar-refractivity contribution is 0.0661. The van der Waals surface area contributed by atoms with Gasteiger partial charge in [-0.25, -0.2) is 9.37 Å². The molecule has 5 rings (SSSR count). The fraction of sp³-hybridized carbons (Fsp3) is 0.182. The number of imidazole rings is 1. The van der Waals surface area contributed by atoms with Crippen LogP contribution in [0.15, 0.2) is 52.2 Å². The largest absolute Gasteiger partial charge is 0.382 e. The number of nitrogens with zero attached hydrogens (tertiary/aromatic N) is 7. The fourth-order valence-electron chi connectivity index (χ4n) is 3.62. The third kappa shape index (κ3) is 3.24. The van der Waals surface area contributed by atoms with E-state index in [1.54, 1.807) is 24.4 Å². The summed E-state index contributed by atoms with van der Waals surface area (Å²) in [6.45, 7) is 2.99. The molecule has 0 atom stereocenters. The molecule has 1 aromatic carbocycles. The van der Waals surface area contributed by atoms with Crippen molar-refractivity contribution in [1.29, 1.82) is 5.26 Å². The van der Waals surface area contributed by atoms with Crippen LogP contribution in [0.3, 0.4) is 0 Å². The van der Waals surface area contributed by atoms with Gasteiger partial charge in [-0.1, -0.05) is 11.2 Å². The number of pyridine rings is 1. The van der Waals surface area contributed by atoms with Crippen LogP contribution in [0.1, 0.15) is 30.9 Å². The van der Waals surface area contributed by atoms with Gasteiger partial charge in [0.1, 0.15) is 34.9 Å². The van der Waals surface area contributed by atoms with Gasteiger partial charge in [0.25, 0.3) is 11.4 Å². The Morgan fingerprint density at radius 1 is 1.21 bits per heavy atom. The highest BCUT2D eigenvalue weighted by molar-refractivity contribution is 5.87. The van der Waals surface area contributed by atoms with Crippen molar-refractivity contribution in [2.24, 2.45) is 0 Å². The van der Waals surface area contributed by atoms with Gasteiger partial charge in [0.2, 0.25) is 5.82 Å². The van der Waals surface area contributed by atoms with Gasteiger partial charge < -0.3 is 9.63 Å². The molecule has 5 aromatic rings. The molecule has 0 amide bonds. The maximum atomic E-state index is 14.5. The molecule has 11 heteroatoms. The molecule has 0 fully saturated rings. The molecule has 0 aliphatic heterocycles. The molecule has 0 saturated carbocycles. The Bertz CT molecular complexity index is 1620. The van der Waals surface area contributed by atoms with Crippen molar-refractivity contribution in [2.45, 2.75) is 26.0 Å². The zero-order chi connectivity index (χ0) is 23.3. The normalized spacial score (nSPS) is 11.8. The Hall–Kier alpha value is -4.43. The molecular weight excluding hydrogens is 429 g/mol. The molecular formula is C22H16FN7O3. The van der Waals surface area contributed by atoms with Crippen LogP contribution in [0, 0.1) is 17.1 Å². The first-order valence-corrected chi connectivity index (χ1v) is 9.88. The predicted octanol–water partition coefficient (Wildman–Crippen LogP) is 2.38. The Balaban J connectivity index is 1.86. The number of halogens is 1. The van der Waals surface area contributed by atoms with Crippen molar-refractivity contribution >= 4 is 16.6 Å². The summed E-state index contributed by atoms with van der Waals surface area (Å²) in [5.41, 5.74) is -0.927. The van der Waals surface area contributed by atoms with E-state index in [1.807, 2.05) is 6.07 Å². The van der Waals surface area contributed by atoms with Crippen molar-refractivity contribution in [3.63, 3.8) is 0 Å². The van der Waals surface area contributed by atoms with Crippen molar-refractivity contribution in [2.75, 3.05) is 0 Å². The topological polar surface area (TPSA) is 135 Å². The Kier molecular flexibility index (Phi) is 4.54. The zero-order valence-electron chi connectivity index (χ0n) is 17.5. The van der Waals surface area contributed by atoms with Crippen molar-refractivity contribution in [3.05, 3.63) is 76.1 Å². The van der Waals surface area contributed by atoms with Crippen LogP contribution >= 0.6 is 0 Å². The van der Waals surface area contributed by atoms with E-state index in [0.717, 1.165) is 6.07 Å². The minimum atomic E-state index is -1.36. The van der Waals surface area contributed by atoms with Crippen LogP contribution in [0.5, 0.6) is 0 Å². The number of aromatic nitrogens is 6. The molecule has 10 nitrogen and oxygen atoms in total. The lowest BCUT2D eigenvalue weighted by Gasteiger charge is -2.14. The molecule has 0 aliphatic carbocycles. The standard InChI is InChI=1S/C22H16FN7O3/c1-22(2,32)21-27-19(33-28-21)16-18-20(31)29(10-12-5-3-4-8-25-12)17-13(9-24)14(23)6-7-15(17)30(18)11-26-16/h3-8,11,32H,10H2,1-2H3. The molecule has 33 heavy (non-hydrogen) atoms. The lowest BCUT2D eigenvalue weighted by Crippen LogP contribution is -2.25. The van der Waals surface area contributed by atoms with Crippen LogP contribution in [-0.2, 0) is 12.1 Å². The van der Waals surface area contributed by atoms with E-state index >= 15 is 0 Å². The van der Waals surface area contributed by atoms with Crippen LogP contribution in [-0.4, -0.2) is 34.2 Å². The molecule has 0 bridgehead atoms. The minimum absolute atomic E-state index is 0.00577. The summed E-state index contributed by atoms with van der Waals surface area (Å²) in [7, 11) is 0. The van der Waals surface area contributed by atoms with Crippen molar-refractivity contribution < 1.29 is 14.0 Å². The first-order chi connectivity index (χ1) is 15.8. The summed E-state index contributed by atoms with van der Waals surface area (Å²) in [4.78, 5) is 26.4. The second-order valence-electron chi connectivity index (χ2n) is 7.91. The van der Waals surface area contributed by atoms with Gasteiger partial charge in [0.15, 0.2) is 5.69 Å². The van der Waals surface area contributed by atoms with Gasteiger partial charge >= 0.3 is 0 Å². The second kappa shape index (κ2) is 7.32.